The molecular weight excluding hydrogens is 208 g/mol. The molecule has 1 nitrogen and oxygen atoms in total. The van der Waals surface area contributed by atoms with E-state index in [1.807, 2.05) is 6.92 Å². The molecule has 1 heteroatoms. The Morgan fingerprint density at radius 2 is 1.88 bits per heavy atom. The monoisotopic (exact) mass is 232 g/mol. The lowest BCUT2D eigenvalue weighted by atomic mass is 9.84. The number of aryl methyl sites for hydroxylation is 1. The molecule has 0 spiro atoms. The van der Waals surface area contributed by atoms with Crippen molar-refractivity contribution in [1.82, 2.24) is 0 Å². The zero-order valence-electron chi connectivity index (χ0n) is 11.9. The third kappa shape index (κ3) is 3.69. The largest absolute Gasteiger partial charge is 0.300 e. The fourth-order valence-electron chi connectivity index (χ4n) is 1.83. The summed E-state index contributed by atoms with van der Waals surface area (Å²) in [5.74, 6) is 0.384. The third-order valence-electron chi connectivity index (χ3n) is 3.44. The van der Waals surface area contributed by atoms with Crippen LogP contribution in [0, 0.1) is 12.8 Å². The highest BCUT2D eigenvalue weighted by Crippen LogP contribution is 2.25. The van der Waals surface area contributed by atoms with Gasteiger partial charge in [0, 0.05) is 5.92 Å². The second-order valence-corrected chi connectivity index (χ2v) is 6.11. The minimum Gasteiger partial charge on any atom is -0.300 e. The molecule has 17 heavy (non-hydrogen) atoms. The Bertz CT molecular complexity index is 410. The number of hydrogen-bond donors (Lipinski definition) is 0. The fraction of sp³-hybridized carbons (Fsp3) is 0.562. The lowest BCUT2D eigenvalue weighted by Gasteiger charge is -2.21. The van der Waals surface area contributed by atoms with Crippen molar-refractivity contribution in [3.05, 3.63) is 34.9 Å². The van der Waals surface area contributed by atoms with Gasteiger partial charge in [-0.3, -0.25) is 4.79 Å². The lowest BCUT2D eigenvalue weighted by Crippen LogP contribution is -2.14. The first kappa shape index (κ1) is 14.0. The summed E-state index contributed by atoms with van der Waals surface area (Å²) in [6.07, 6.45) is 0.852. The minimum absolute atomic E-state index is 0.115. The minimum atomic E-state index is 0.115. The molecule has 0 amide bonds. The van der Waals surface area contributed by atoms with E-state index in [1.54, 1.807) is 6.92 Å². The van der Waals surface area contributed by atoms with Crippen molar-refractivity contribution in [2.45, 2.75) is 53.4 Å². The van der Waals surface area contributed by atoms with E-state index in [2.05, 4.69) is 45.9 Å². The van der Waals surface area contributed by atoms with E-state index in [4.69, 9.17) is 0 Å². The van der Waals surface area contributed by atoms with Gasteiger partial charge in [0.25, 0.3) is 0 Å². The standard InChI is InChI=1S/C16H24O/c1-11-7-8-15(16(4,5)6)10-14(11)9-12(2)13(3)17/h7-8,10,12H,9H2,1-6H3. The lowest BCUT2D eigenvalue weighted by molar-refractivity contribution is -0.120. The number of ketones is 1. The molecule has 0 fully saturated rings. The summed E-state index contributed by atoms with van der Waals surface area (Å²) < 4.78 is 0. The molecule has 94 valence electrons. The number of carbonyl (C=O) groups excluding carboxylic acids is 1. The van der Waals surface area contributed by atoms with Gasteiger partial charge in [0.05, 0.1) is 0 Å². The molecule has 0 radical (unpaired) electrons. The summed E-state index contributed by atoms with van der Waals surface area (Å²) >= 11 is 0. The summed E-state index contributed by atoms with van der Waals surface area (Å²) in [7, 11) is 0. The average molecular weight is 232 g/mol. The maximum atomic E-state index is 11.3. The number of carbonyl (C=O) groups is 1. The van der Waals surface area contributed by atoms with Gasteiger partial charge in [0.1, 0.15) is 5.78 Å². The van der Waals surface area contributed by atoms with E-state index in [1.165, 1.54) is 16.7 Å². The molecule has 0 aliphatic rings. The van der Waals surface area contributed by atoms with Gasteiger partial charge in [-0.05, 0) is 42.4 Å². The van der Waals surface area contributed by atoms with Crippen molar-refractivity contribution in [1.29, 1.82) is 0 Å². The first-order chi connectivity index (χ1) is 7.71. The Kier molecular flexibility index (Phi) is 4.13. The highest BCUT2D eigenvalue weighted by molar-refractivity contribution is 5.78. The van der Waals surface area contributed by atoms with Crippen molar-refractivity contribution in [3.8, 4) is 0 Å². The van der Waals surface area contributed by atoms with Gasteiger partial charge in [-0.1, -0.05) is 45.9 Å². The van der Waals surface area contributed by atoms with E-state index < -0.39 is 0 Å². The summed E-state index contributed by atoms with van der Waals surface area (Å²) in [5.41, 5.74) is 4.10. The molecule has 0 aromatic heterocycles. The second kappa shape index (κ2) is 5.03. The Morgan fingerprint density at radius 3 is 2.35 bits per heavy atom. The van der Waals surface area contributed by atoms with E-state index in [0.29, 0.717) is 0 Å². The summed E-state index contributed by atoms with van der Waals surface area (Å²) in [6, 6.07) is 6.62. The van der Waals surface area contributed by atoms with Crippen LogP contribution in [0.15, 0.2) is 18.2 Å². The summed E-state index contributed by atoms with van der Waals surface area (Å²) in [6.45, 7) is 12.5. The Labute approximate surface area is 105 Å². The maximum absolute atomic E-state index is 11.3. The molecule has 1 aromatic carbocycles. The van der Waals surface area contributed by atoms with Gasteiger partial charge in [0.15, 0.2) is 0 Å². The van der Waals surface area contributed by atoms with Gasteiger partial charge in [-0.15, -0.1) is 0 Å². The average Bonchev–Trinajstić information content (AvgIpc) is 2.19. The number of Topliss-reactive ketones (excluding diaryl/α,β-unsaturated/α-hetero) is 1. The fourth-order valence-corrected chi connectivity index (χ4v) is 1.83. The van der Waals surface area contributed by atoms with E-state index >= 15 is 0 Å². The molecule has 0 heterocycles. The van der Waals surface area contributed by atoms with E-state index in [0.717, 1.165) is 6.42 Å². The predicted molar refractivity (Wildman–Crippen MR) is 73.4 cm³/mol. The van der Waals surface area contributed by atoms with Crippen LogP contribution in [0.5, 0.6) is 0 Å². The van der Waals surface area contributed by atoms with Gasteiger partial charge in [-0.25, -0.2) is 0 Å². The van der Waals surface area contributed by atoms with Crippen LogP contribution in [0.1, 0.15) is 51.3 Å². The molecule has 1 rings (SSSR count). The molecule has 0 saturated heterocycles. The van der Waals surface area contributed by atoms with Crippen LogP contribution < -0.4 is 0 Å². The molecular formula is C16H24O. The van der Waals surface area contributed by atoms with Gasteiger partial charge >= 0.3 is 0 Å². The first-order valence-electron chi connectivity index (χ1n) is 6.32. The van der Waals surface area contributed by atoms with Crippen LogP contribution in [0.3, 0.4) is 0 Å². The van der Waals surface area contributed by atoms with Gasteiger partial charge in [-0.2, -0.15) is 0 Å². The van der Waals surface area contributed by atoms with E-state index in [9.17, 15) is 4.79 Å². The van der Waals surface area contributed by atoms with Gasteiger partial charge < -0.3 is 0 Å². The highest BCUT2D eigenvalue weighted by Gasteiger charge is 2.16. The quantitative estimate of drug-likeness (QED) is 0.768. The van der Waals surface area contributed by atoms with Crippen LogP contribution >= 0.6 is 0 Å². The number of hydrogen-bond acceptors (Lipinski definition) is 1. The topological polar surface area (TPSA) is 17.1 Å². The van der Waals surface area contributed by atoms with Crippen LogP contribution in [-0.4, -0.2) is 5.78 Å². The zero-order chi connectivity index (χ0) is 13.2. The van der Waals surface area contributed by atoms with Crippen LogP contribution in [0.4, 0.5) is 0 Å². The molecule has 0 saturated carbocycles. The summed E-state index contributed by atoms with van der Waals surface area (Å²) in [4.78, 5) is 11.3. The predicted octanol–water partition coefficient (Wildman–Crippen LogP) is 4.06. The van der Waals surface area contributed by atoms with Crippen molar-refractivity contribution >= 4 is 5.78 Å². The number of rotatable bonds is 3. The zero-order valence-corrected chi connectivity index (χ0v) is 11.9. The van der Waals surface area contributed by atoms with Crippen LogP contribution in [-0.2, 0) is 16.6 Å². The Balaban J connectivity index is 3.03. The third-order valence-corrected chi connectivity index (χ3v) is 3.44. The van der Waals surface area contributed by atoms with Crippen molar-refractivity contribution in [2.75, 3.05) is 0 Å². The number of benzene rings is 1. The molecule has 0 N–H and O–H groups in total. The van der Waals surface area contributed by atoms with Crippen molar-refractivity contribution in [3.63, 3.8) is 0 Å². The molecule has 0 aliphatic heterocycles. The molecule has 1 aromatic rings. The molecule has 0 bridgehead atoms. The SMILES string of the molecule is CC(=O)C(C)Cc1cc(C(C)(C)C)ccc1C. The second-order valence-electron chi connectivity index (χ2n) is 6.11. The molecule has 1 atom stereocenters. The van der Waals surface area contributed by atoms with Crippen molar-refractivity contribution in [2.24, 2.45) is 5.92 Å². The highest BCUT2D eigenvalue weighted by atomic mass is 16.1. The van der Waals surface area contributed by atoms with E-state index in [-0.39, 0.29) is 17.1 Å². The van der Waals surface area contributed by atoms with Gasteiger partial charge in [0.2, 0.25) is 0 Å². The Hall–Kier alpha value is -1.11. The molecule has 0 aliphatic carbocycles. The Morgan fingerprint density at radius 1 is 1.29 bits per heavy atom. The normalized spacial score (nSPS) is 13.5. The summed E-state index contributed by atoms with van der Waals surface area (Å²) in [5, 5.41) is 0. The maximum Gasteiger partial charge on any atom is 0.132 e. The first-order valence-corrected chi connectivity index (χ1v) is 6.32. The van der Waals surface area contributed by atoms with Crippen LogP contribution in [0.25, 0.3) is 0 Å². The van der Waals surface area contributed by atoms with Crippen molar-refractivity contribution < 1.29 is 4.79 Å². The smallest absolute Gasteiger partial charge is 0.132 e. The van der Waals surface area contributed by atoms with Crippen LogP contribution in [0.2, 0.25) is 0 Å². The molecule has 1 unspecified atom stereocenters.